The molecule has 0 aliphatic heterocycles. The van der Waals surface area contributed by atoms with E-state index in [2.05, 4.69) is 26.0 Å². The van der Waals surface area contributed by atoms with Crippen molar-refractivity contribution in [1.82, 2.24) is 0 Å². The number of hydrogen-bond donors (Lipinski definition) is 1. The first-order valence-corrected chi connectivity index (χ1v) is 24.5. The molecule has 0 radical (unpaired) electrons. The molecule has 54 heavy (non-hydrogen) atoms. The first-order chi connectivity index (χ1) is 26.3. The van der Waals surface area contributed by atoms with Crippen LogP contribution >= 0.6 is 7.82 Å². The summed E-state index contributed by atoms with van der Waals surface area (Å²) in [7, 11) is -4.27. The maximum Gasteiger partial charge on any atom is 0.472 e. The Morgan fingerprint density at radius 3 is 1.30 bits per heavy atom. The topological polar surface area (TPSA) is 108 Å². The van der Waals surface area contributed by atoms with Crippen molar-refractivity contribution in [2.75, 3.05) is 19.8 Å². The summed E-state index contributed by atoms with van der Waals surface area (Å²) in [6.07, 6.45) is 44.4. The number of phosphoric ester groups is 1. The smallest absolute Gasteiger partial charge is 0.462 e. The summed E-state index contributed by atoms with van der Waals surface area (Å²) in [6, 6.07) is 0. The van der Waals surface area contributed by atoms with Crippen molar-refractivity contribution < 1.29 is 37.6 Å². The molecule has 0 rings (SSSR count). The van der Waals surface area contributed by atoms with Gasteiger partial charge in [0.25, 0.3) is 0 Å². The third-order valence-corrected chi connectivity index (χ3v) is 11.1. The zero-order chi connectivity index (χ0) is 39.6. The molecule has 0 saturated heterocycles. The Kier molecular flexibility index (Phi) is 40.5. The monoisotopic (exact) mass is 787 g/mol. The largest absolute Gasteiger partial charge is 0.472 e. The molecule has 2 atom stereocenters. The van der Waals surface area contributed by atoms with Gasteiger partial charge in [0.05, 0.1) is 13.2 Å². The van der Waals surface area contributed by atoms with Crippen LogP contribution in [0.25, 0.3) is 0 Å². The van der Waals surface area contributed by atoms with Crippen LogP contribution in [0.1, 0.15) is 239 Å². The van der Waals surface area contributed by atoms with Gasteiger partial charge in [-0.2, -0.15) is 0 Å². The van der Waals surface area contributed by atoms with Gasteiger partial charge in [0.15, 0.2) is 6.10 Å². The van der Waals surface area contributed by atoms with E-state index in [1.165, 1.54) is 141 Å². The summed E-state index contributed by atoms with van der Waals surface area (Å²) < 4.78 is 32.6. The second-order valence-electron chi connectivity index (χ2n) is 15.4. The number of esters is 2. The Morgan fingerprint density at radius 2 is 0.870 bits per heavy atom. The molecular weight excluding hydrogens is 699 g/mol. The highest BCUT2D eigenvalue weighted by atomic mass is 31.2. The van der Waals surface area contributed by atoms with Crippen molar-refractivity contribution in [1.29, 1.82) is 0 Å². The van der Waals surface area contributed by atoms with Crippen LogP contribution in [0.4, 0.5) is 0 Å². The molecule has 0 heterocycles. The second-order valence-corrected chi connectivity index (χ2v) is 16.9. The average Bonchev–Trinajstić information content (AvgIpc) is 3.15. The number of phosphoric acid groups is 1. The predicted octanol–water partition coefficient (Wildman–Crippen LogP) is 14.5. The number of carbonyl (C=O) groups excluding carboxylic acids is 2. The highest BCUT2D eigenvalue weighted by molar-refractivity contribution is 7.47. The zero-order valence-corrected chi connectivity index (χ0v) is 36.5. The van der Waals surface area contributed by atoms with Gasteiger partial charge in [0, 0.05) is 12.8 Å². The van der Waals surface area contributed by atoms with Crippen LogP contribution in [-0.4, -0.2) is 42.8 Å². The number of ether oxygens (including phenoxy) is 2. The van der Waals surface area contributed by atoms with E-state index in [4.69, 9.17) is 18.5 Å². The van der Waals surface area contributed by atoms with Crippen LogP contribution in [0.5, 0.6) is 0 Å². The molecule has 0 amide bonds. The summed E-state index contributed by atoms with van der Waals surface area (Å²) in [5.74, 6) is -0.798. The molecule has 9 heteroatoms. The molecule has 320 valence electrons. The van der Waals surface area contributed by atoms with E-state index >= 15 is 0 Å². The lowest BCUT2D eigenvalue weighted by Crippen LogP contribution is -2.29. The fourth-order valence-electron chi connectivity index (χ4n) is 6.69. The molecular formula is C45H87O8P. The average molecular weight is 787 g/mol. The lowest BCUT2D eigenvalue weighted by molar-refractivity contribution is -0.161. The number of allylic oxidation sites excluding steroid dienone is 2. The molecule has 8 nitrogen and oxygen atoms in total. The molecule has 0 aromatic carbocycles. The van der Waals surface area contributed by atoms with E-state index in [1.54, 1.807) is 6.92 Å². The van der Waals surface area contributed by atoms with Gasteiger partial charge in [-0.25, -0.2) is 4.57 Å². The van der Waals surface area contributed by atoms with Crippen LogP contribution in [0, 0.1) is 0 Å². The van der Waals surface area contributed by atoms with Gasteiger partial charge in [-0.15, -0.1) is 0 Å². The Balaban J connectivity index is 3.86. The van der Waals surface area contributed by atoms with Crippen LogP contribution in [0.2, 0.25) is 0 Å². The second kappa shape index (κ2) is 41.4. The van der Waals surface area contributed by atoms with E-state index in [0.717, 1.165) is 57.8 Å². The van der Waals surface area contributed by atoms with Gasteiger partial charge >= 0.3 is 19.8 Å². The van der Waals surface area contributed by atoms with E-state index in [9.17, 15) is 19.0 Å². The number of carbonyl (C=O) groups is 2. The lowest BCUT2D eigenvalue weighted by Gasteiger charge is -2.19. The van der Waals surface area contributed by atoms with Gasteiger partial charge in [0.2, 0.25) is 0 Å². The maximum atomic E-state index is 12.5. The molecule has 0 aromatic rings. The number of unbranched alkanes of at least 4 members (excludes halogenated alkanes) is 29. The molecule has 0 aliphatic carbocycles. The van der Waals surface area contributed by atoms with Gasteiger partial charge in [-0.1, -0.05) is 199 Å². The third kappa shape index (κ3) is 40.5. The van der Waals surface area contributed by atoms with Crippen molar-refractivity contribution in [2.45, 2.75) is 245 Å². The van der Waals surface area contributed by atoms with Gasteiger partial charge < -0.3 is 14.4 Å². The molecule has 0 aromatic heterocycles. The van der Waals surface area contributed by atoms with Crippen LogP contribution < -0.4 is 0 Å². The van der Waals surface area contributed by atoms with E-state index < -0.39 is 26.5 Å². The lowest BCUT2D eigenvalue weighted by atomic mass is 10.0. The van der Waals surface area contributed by atoms with Crippen LogP contribution in [0.15, 0.2) is 12.2 Å². The fraction of sp³-hybridized carbons (Fsp3) is 0.911. The summed E-state index contributed by atoms with van der Waals surface area (Å²) in [5, 5.41) is 0. The van der Waals surface area contributed by atoms with Crippen molar-refractivity contribution in [2.24, 2.45) is 0 Å². The minimum absolute atomic E-state index is 0.00182. The number of hydrogen-bond acceptors (Lipinski definition) is 7. The molecule has 2 unspecified atom stereocenters. The zero-order valence-electron chi connectivity index (χ0n) is 35.6. The molecule has 0 saturated carbocycles. The van der Waals surface area contributed by atoms with Crippen LogP contribution in [-0.2, 0) is 32.7 Å². The SMILES string of the molecule is CCC/C=C\CCCCCCCC(=O)OC(COC(=O)CCCCCCCCCCCCCCCCCCCCCCCCCC)COP(=O)(O)OCC. The predicted molar refractivity (Wildman–Crippen MR) is 226 cm³/mol. The highest BCUT2D eigenvalue weighted by Crippen LogP contribution is 2.43. The normalized spacial score (nSPS) is 13.3. The first-order valence-electron chi connectivity index (χ1n) is 23.0. The van der Waals surface area contributed by atoms with Gasteiger partial charge in [-0.05, 0) is 39.0 Å². The summed E-state index contributed by atoms with van der Waals surface area (Å²) in [5.41, 5.74) is 0. The Bertz CT molecular complexity index is 895. The summed E-state index contributed by atoms with van der Waals surface area (Å²) >= 11 is 0. The van der Waals surface area contributed by atoms with E-state index in [0.29, 0.717) is 12.8 Å². The standard InChI is InChI=1S/C45H87O8P/c1-4-7-9-11-13-15-17-18-19-20-21-22-23-24-25-26-27-28-29-30-32-33-35-37-39-44(46)50-41-43(42-52-54(48,49)51-6-3)53-45(47)40-38-36-34-31-16-14-12-10-8-5-2/h10,12,43H,4-9,11,13-42H2,1-3H3,(H,48,49)/b12-10-. The van der Waals surface area contributed by atoms with Crippen molar-refractivity contribution in [3.8, 4) is 0 Å². The molecule has 0 bridgehead atoms. The molecule has 0 spiro atoms. The minimum Gasteiger partial charge on any atom is -0.462 e. The van der Waals surface area contributed by atoms with Gasteiger partial charge in [0.1, 0.15) is 6.61 Å². The molecule has 0 aliphatic rings. The van der Waals surface area contributed by atoms with Crippen molar-refractivity contribution in [3.63, 3.8) is 0 Å². The van der Waals surface area contributed by atoms with E-state index in [1.807, 2.05) is 0 Å². The van der Waals surface area contributed by atoms with E-state index in [-0.39, 0.29) is 25.6 Å². The van der Waals surface area contributed by atoms with Crippen LogP contribution in [0.3, 0.4) is 0 Å². The third-order valence-electron chi connectivity index (χ3n) is 10.1. The fourth-order valence-corrected chi connectivity index (χ4v) is 7.45. The minimum atomic E-state index is -4.27. The Labute approximate surface area is 333 Å². The number of rotatable bonds is 43. The Hall–Kier alpha value is -1.21. The van der Waals surface area contributed by atoms with Crippen molar-refractivity contribution >= 4 is 19.8 Å². The van der Waals surface area contributed by atoms with Crippen molar-refractivity contribution in [3.05, 3.63) is 12.2 Å². The highest BCUT2D eigenvalue weighted by Gasteiger charge is 2.25. The molecule has 0 fully saturated rings. The Morgan fingerprint density at radius 1 is 0.481 bits per heavy atom. The summed E-state index contributed by atoms with van der Waals surface area (Å²) in [6.45, 7) is 5.43. The van der Waals surface area contributed by atoms with Gasteiger partial charge in [-0.3, -0.25) is 18.6 Å². The quantitative estimate of drug-likeness (QED) is 0.0282. The molecule has 1 N–H and O–H groups in total. The first kappa shape index (κ1) is 52.8. The summed E-state index contributed by atoms with van der Waals surface area (Å²) in [4.78, 5) is 34.7. The maximum absolute atomic E-state index is 12.5.